The highest BCUT2D eigenvalue weighted by Crippen LogP contribution is 2.19. The largest absolute Gasteiger partial charge is 0.482 e. The first kappa shape index (κ1) is 18.9. The number of benzene rings is 1. The standard InChI is InChI=1S/C14H15F2N3O3.ClH/c1-17-4-5-18-14(20)12-7-10(22-19-12)8-21-13-3-2-9(15)6-11(13)16;/h2-3,6-7,17H,4-5,8H2,1H3,(H,18,20);1H. The monoisotopic (exact) mass is 347 g/mol. The van der Waals surface area contributed by atoms with Crippen LogP contribution in [-0.2, 0) is 6.61 Å². The summed E-state index contributed by atoms with van der Waals surface area (Å²) in [6.07, 6.45) is 0. The van der Waals surface area contributed by atoms with Crippen LogP contribution in [0.2, 0.25) is 0 Å². The van der Waals surface area contributed by atoms with Crippen LogP contribution >= 0.6 is 12.4 Å². The number of hydrogen-bond acceptors (Lipinski definition) is 5. The van der Waals surface area contributed by atoms with Crippen LogP contribution in [0.4, 0.5) is 8.78 Å². The van der Waals surface area contributed by atoms with Gasteiger partial charge in [0.15, 0.2) is 23.0 Å². The lowest BCUT2D eigenvalue weighted by Gasteiger charge is -2.04. The van der Waals surface area contributed by atoms with Crippen molar-refractivity contribution in [2.24, 2.45) is 0 Å². The number of aromatic nitrogens is 1. The summed E-state index contributed by atoms with van der Waals surface area (Å²) < 4.78 is 36.2. The Morgan fingerprint density at radius 2 is 2.09 bits per heavy atom. The smallest absolute Gasteiger partial charge is 0.273 e. The van der Waals surface area contributed by atoms with Gasteiger partial charge in [0.1, 0.15) is 12.4 Å². The van der Waals surface area contributed by atoms with Crippen molar-refractivity contribution < 1.29 is 22.8 Å². The van der Waals surface area contributed by atoms with Crippen LogP contribution in [0.3, 0.4) is 0 Å². The van der Waals surface area contributed by atoms with E-state index in [1.54, 1.807) is 7.05 Å². The Balaban J connectivity index is 0.00000264. The molecule has 0 aliphatic rings. The second kappa shape index (κ2) is 9.06. The molecule has 0 bridgehead atoms. The van der Waals surface area contributed by atoms with Crippen molar-refractivity contribution in [3.8, 4) is 5.75 Å². The van der Waals surface area contributed by atoms with Crippen molar-refractivity contribution in [2.75, 3.05) is 20.1 Å². The van der Waals surface area contributed by atoms with Gasteiger partial charge in [0.25, 0.3) is 5.91 Å². The van der Waals surface area contributed by atoms with Crippen LogP contribution in [0.25, 0.3) is 0 Å². The lowest BCUT2D eigenvalue weighted by Crippen LogP contribution is -2.30. The van der Waals surface area contributed by atoms with Crippen LogP contribution in [0.5, 0.6) is 5.75 Å². The Labute approximate surface area is 137 Å². The summed E-state index contributed by atoms with van der Waals surface area (Å²) in [5.41, 5.74) is 0.106. The Bertz CT molecular complexity index is 652. The van der Waals surface area contributed by atoms with Crippen molar-refractivity contribution in [3.63, 3.8) is 0 Å². The number of ether oxygens (including phenoxy) is 1. The third-order valence-corrected chi connectivity index (χ3v) is 2.72. The van der Waals surface area contributed by atoms with E-state index in [1.807, 2.05) is 0 Å². The van der Waals surface area contributed by atoms with E-state index in [9.17, 15) is 13.6 Å². The zero-order valence-electron chi connectivity index (χ0n) is 12.3. The van der Waals surface area contributed by atoms with E-state index >= 15 is 0 Å². The lowest BCUT2D eigenvalue weighted by atomic mass is 10.3. The number of halogens is 3. The van der Waals surface area contributed by atoms with Crippen molar-refractivity contribution >= 4 is 18.3 Å². The number of rotatable bonds is 7. The van der Waals surface area contributed by atoms with E-state index in [0.29, 0.717) is 13.1 Å². The highest BCUT2D eigenvalue weighted by atomic mass is 35.5. The minimum Gasteiger partial charge on any atom is -0.482 e. The van der Waals surface area contributed by atoms with Crippen molar-refractivity contribution in [2.45, 2.75) is 6.61 Å². The molecule has 0 spiro atoms. The SMILES string of the molecule is CNCCNC(=O)c1cc(COc2ccc(F)cc2F)on1.Cl. The average Bonchev–Trinajstić information content (AvgIpc) is 2.95. The zero-order valence-corrected chi connectivity index (χ0v) is 13.1. The number of amides is 1. The minimum absolute atomic E-state index is 0. The summed E-state index contributed by atoms with van der Waals surface area (Å²) in [6.45, 7) is 0.956. The first-order valence-electron chi connectivity index (χ1n) is 6.56. The summed E-state index contributed by atoms with van der Waals surface area (Å²) in [5.74, 6) is -1.74. The minimum atomic E-state index is -0.815. The maximum atomic E-state index is 13.4. The van der Waals surface area contributed by atoms with E-state index in [2.05, 4.69) is 15.8 Å². The third-order valence-electron chi connectivity index (χ3n) is 2.72. The molecule has 0 radical (unpaired) electrons. The second-order valence-electron chi connectivity index (χ2n) is 4.40. The molecule has 0 fully saturated rings. The lowest BCUT2D eigenvalue weighted by molar-refractivity contribution is 0.0944. The fourth-order valence-electron chi connectivity index (χ4n) is 1.62. The molecule has 6 nitrogen and oxygen atoms in total. The average molecular weight is 348 g/mol. The Kier molecular flexibility index (Phi) is 7.43. The predicted molar refractivity (Wildman–Crippen MR) is 80.7 cm³/mol. The van der Waals surface area contributed by atoms with Gasteiger partial charge in [-0.3, -0.25) is 4.79 Å². The van der Waals surface area contributed by atoms with Crippen LogP contribution < -0.4 is 15.4 Å². The summed E-state index contributed by atoms with van der Waals surface area (Å²) in [4.78, 5) is 11.7. The third kappa shape index (κ3) is 5.50. The molecule has 2 N–H and O–H groups in total. The molecule has 1 aromatic carbocycles. The molecule has 1 aromatic heterocycles. The molecule has 0 saturated carbocycles. The van der Waals surface area contributed by atoms with Crippen LogP contribution in [0.15, 0.2) is 28.8 Å². The van der Waals surface area contributed by atoms with Gasteiger partial charge in [0.05, 0.1) is 0 Å². The molecule has 1 amide bonds. The highest BCUT2D eigenvalue weighted by Gasteiger charge is 2.13. The number of likely N-dealkylation sites (N-methyl/N-ethyl adjacent to an activating group) is 1. The molecule has 9 heteroatoms. The topological polar surface area (TPSA) is 76.4 Å². The number of carbonyl (C=O) groups excluding carboxylic acids is 1. The Morgan fingerprint density at radius 3 is 2.78 bits per heavy atom. The van der Waals surface area contributed by atoms with Gasteiger partial charge in [-0.05, 0) is 19.2 Å². The van der Waals surface area contributed by atoms with Gasteiger partial charge in [-0.25, -0.2) is 8.78 Å². The van der Waals surface area contributed by atoms with Gasteiger partial charge >= 0.3 is 0 Å². The maximum absolute atomic E-state index is 13.4. The maximum Gasteiger partial charge on any atom is 0.273 e. The summed E-state index contributed by atoms with van der Waals surface area (Å²) in [6, 6.07) is 4.37. The summed E-state index contributed by atoms with van der Waals surface area (Å²) in [7, 11) is 1.77. The number of hydrogen-bond donors (Lipinski definition) is 2. The molecule has 0 atom stereocenters. The molecule has 2 aromatic rings. The molecular formula is C14H16ClF2N3O3. The van der Waals surface area contributed by atoms with Crippen LogP contribution in [0.1, 0.15) is 16.2 Å². The van der Waals surface area contributed by atoms with Gasteiger partial charge < -0.3 is 19.9 Å². The first-order valence-corrected chi connectivity index (χ1v) is 6.56. The number of nitrogens with zero attached hydrogens (tertiary/aromatic N) is 1. The van der Waals surface area contributed by atoms with Crippen LogP contribution in [-0.4, -0.2) is 31.2 Å². The fourth-order valence-corrected chi connectivity index (χ4v) is 1.62. The van der Waals surface area contributed by atoms with Gasteiger partial charge in [0, 0.05) is 25.2 Å². The Morgan fingerprint density at radius 1 is 1.30 bits per heavy atom. The van der Waals surface area contributed by atoms with Gasteiger partial charge in [-0.2, -0.15) is 0 Å². The number of nitrogens with one attached hydrogen (secondary N) is 2. The highest BCUT2D eigenvalue weighted by molar-refractivity contribution is 5.92. The summed E-state index contributed by atoms with van der Waals surface area (Å²) in [5, 5.41) is 9.13. The summed E-state index contributed by atoms with van der Waals surface area (Å²) >= 11 is 0. The fraction of sp³-hybridized carbons (Fsp3) is 0.286. The Hall–Kier alpha value is -2.19. The van der Waals surface area contributed by atoms with Crippen molar-refractivity contribution in [3.05, 3.63) is 47.4 Å². The molecule has 1 heterocycles. The molecule has 126 valence electrons. The van der Waals surface area contributed by atoms with Crippen molar-refractivity contribution in [1.82, 2.24) is 15.8 Å². The van der Waals surface area contributed by atoms with Gasteiger partial charge in [-0.1, -0.05) is 5.16 Å². The molecule has 2 rings (SSSR count). The van der Waals surface area contributed by atoms with E-state index in [-0.39, 0.29) is 42.1 Å². The molecule has 0 aliphatic heterocycles. The first-order chi connectivity index (χ1) is 10.6. The van der Waals surface area contributed by atoms with E-state index < -0.39 is 11.6 Å². The van der Waals surface area contributed by atoms with E-state index in [0.717, 1.165) is 12.1 Å². The van der Waals surface area contributed by atoms with E-state index in [1.165, 1.54) is 12.1 Å². The van der Waals surface area contributed by atoms with Gasteiger partial charge in [0.2, 0.25) is 0 Å². The molecule has 23 heavy (non-hydrogen) atoms. The zero-order chi connectivity index (χ0) is 15.9. The van der Waals surface area contributed by atoms with Gasteiger partial charge in [-0.15, -0.1) is 12.4 Å². The number of carbonyl (C=O) groups is 1. The normalized spacial score (nSPS) is 10.0. The quantitative estimate of drug-likeness (QED) is 0.748. The molecular weight excluding hydrogens is 332 g/mol. The van der Waals surface area contributed by atoms with E-state index in [4.69, 9.17) is 9.26 Å². The van der Waals surface area contributed by atoms with Crippen LogP contribution in [0, 0.1) is 11.6 Å². The van der Waals surface area contributed by atoms with Crippen molar-refractivity contribution in [1.29, 1.82) is 0 Å². The molecule has 0 aliphatic carbocycles. The molecule has 0 unspecified atom stereocenters. The second-order valence-corrected chi connectivity index (χ2v) is 4.40. The molecule has 0 saturated heterocycles. The predicted octanol–water partition coefficient (Wildman–Crippen LogP) is 1.90.